The van der Waals surface area contributed by atoms with E-state index < -0.39 is 28.1 Å². The Hall–Kier alpha value is -0.660. The fourth-order valence-corrected chi connectivity index (χ4v) is 4.49. The molecule has 0 bridgehead atoms. The lowest BCUT2D eigenvalue weighted by molar-refractivity contribution is -0.142. The van der Waals surface area contributed by atoms with Gasteiger partial charge in [0, 0.05) is 19.1 Å². The predicted octanol–water partition coefficient (Wildman–Crippen LogP) is 0.950. The highest BCUT2D eigenvalue weighted by Crippen LogP contribution is 2.25. The van der Waals surface area contributed by atoms with Crippen LogP contribution in [-0.4, -0.2) is 42.9 Å². The SMILES string of the molecule is O=C(O)C1CCCCCC1NS(=O)(=O)N1CCCC1. The van der Waals surface area contributed by atoms with Crippen LogP contribution in [-0.2, 0) is 15.0 Å². The van der Waals surface area contributed by atoms with Crippen molar-refractivity contribution in [1.82, 2.24) is 9.03 Å². The van der Waals surface area contributed by atoms with Gasteiger partial charge in [0.1, 0.15) is 0 Å². The fourth-order valence-electron chi connectivity index (χ4n) is 2.94. The maximum absolute atomic E-state index is 12.2. The van der Waals surface area contributed by atoms with Crippen molar-refractivity contribution in [2.75, 3.05) is 13.1 Å². The Bertz CT molecular complexity index is 417. The molecule has 0 amide bonds. The summed E-state index contributed by atoms with van der Waals surface area (Å²) in [5, 5.41) is 9.25. The zero-order chi connectivity index (χ0) is 13.9. The summed E-state index contributed by atoms with van der Waals surface area (Å²) in [7, 11) is -3.52. The second kappa shape index (κ2) is 6.19. The Morgan fingerprint density at radius 1 is 1.05 bits per heavy atom. The van der Waals surface area contributed by atoms with E-state index in [9.17, 15) is 18.3 Å². The molecule has 19 heavy (non-hydrogen) atoms. The van der Waals surface area contributed by atoms with E-state index in [4.69, 9.17) is 0 Å². The van der Waals surface area contributed by atoms with Crippen molar-refractivity contribution >= 4 is 16.2 Å². The molecule has 2 N–H and O–H groups in total. The molecule has 2 fully saturated rings. The summed E-state index contributed by atoms with van der Waals surface area (Å²) in [6, 6.07) is -0.467. The van der Waals surface area contributed by atoms with Crippen LogP contribution < -0.4 is 4.72 Å². The van der Waals surface area contributed by atoms with E-state index in [1.165, 1.54) is 4.31 Å². The molecule has 2 rings (SSSR count). The summed E-state index contributed by atoms with van der Waals surface area (Å²) >= 11 is 0. The minimum atomic E-state index is -3.52. The van der Waals surface area contributed by atoms with E-state index in [-0.39, 0.29) is 0 Å². The number of carbonyl (C=O) groups is 1. The van der Waals surface area contributed by atoms with Crippen LogP contribution in [0.5, 0.6) is 0 Å². The topological polar surface area (TPSA) is 86.7 Å². The number of nitrogens with one attached hydrogen (secondary N) is 1. The maximum atomic E-state index is 12.2. The van der Waals surface area contributed by atoms with Crippen LogP contribution in [0.2, 0.25) is 0 Å². The molecule has 110 valence electrons. The second-order valence-electron chi connectivity index (χ2n) is 5.42. The van der Waals surface area contributed by atoms with E-state index in [0.717, 1.165) is 32.1 Å². The van der Waals surface area contributed by atoms with Crippen LogP contribution in [0.4, 0.5) is 0 Å². The molecule has 1 heterocycles. The lowest BCUT2D eigenvalue weighted by Gasteiger charge is -2.25. The molecule has 2 unspecified atom stereocenters. The van der Waals surface area contributed by atoms with Crippen molar-refractivity contribution in [2.45, 2.75) is 51.0 Å². The Balaban J connectivity index is 2.07. The minimum absolute atomic E-state index is 0.467. The largest absolute Gasteiger partial charge is 0.481 e. The molecule has 1 aliphatic heterocycles. The molecule has 0 spiro atoms. The van der Waals surface area contributed by atoms with Crippen LogP contribution >= 0.6 is 0 Å². The summed E-state index contributed by atoms with van der Waals surface area (Å²) in [5.74, 6) is -1.49. The molecule has 2 aliphatic rings. The van der Waals surface area contributed by atoms with Gasteiger partial charge >= 0.3 is 5.97 Å². The Morgan fingerprint density at radius 2 is 1.68 bits per heavy atom. The van der Waals surface area contributed by atoms with Crippen molar-refractivity contribution in [3.8, 4) is 0 Å². The number of aliphatic carboxylic acids is 1. The molecule has 1 saturated carbocycles. The summed E-state index contributed by atoms with van der Waals surface area (Å²) in [4.78, 5) is 11.3. The highest BCUT2D eigenvalue weighted by atomic mass is 32.2. The van der Waals surface area contributed by atoms with E-state index in [1.807, 2.05) is 0 Å². The third-order valence-corrected chi connectivity index (χ3v) is 5.68. The average molecular weight is 290 g/mol. The van der Waals surface area contributed by atoms with Gasteiger partial charge in [-0.2, -0.15) is 17.4 Å². The molecule has 1 saturated heterocycles. The number of hydrogen-bond donors (Lipinski definition) is 2. The number of carboxylic acid groups (broad SMARTS) is 1. The van der Waals surface area contributed by atoms with Gasteiger partial charge < -0.3 is 5.11 Å². The highest BCUT2D eigenvalue weighted by molar-refractivity contribution is 7.87. The first-order chi connectivity index (χ1) is 9.00. The summed E-state index contributed by atoms with van der Waals surface area (Å²) < 4.78 is 28.5. The first-order valence-electron chi connectivity index (χ1n) is 7.01. The van der Waals surface area contributed by atoms with Crippen LogP contribution in [0.1, 0.15) is 44.9 Å². The van der Waals surface area contributed by atoms with Gasteiger partial charge in [-0.15, -0.1) is 0 Å². The molecule has 7 heteroatoms. The molecule has 6 nitrogen and oxygen atoms in total. The maximum Gasteiger partial charge on any atom is 0.308 e. The zero-order valence-corrected chi connectivity index (χ0v) is 11.9. The van der Waals surface area contributed by atoms with Gasteiger partial charge in [-0.3, -0.25) is 4.79 Å². The fraction of sp³-hybridized carbons (Fsp3) is 0.917. The predicted molar refractivity (Wildman–Crippen MR) is 70.9 cm³/mol. The zero-order valence-electron chi connectivity index (χ0n) is 11.0. The van der Waals surface area contributed by atoms with Gasteiger partial charge in [0.05, 0.1) is 5.92 Å². The smallest absolute Gasteiger partial charge is 0.308 e. The molecule has 0 aromatic carbocycles. The number of carboxylic acids is 1. The van der Waals surface area contributed by atoms with Crippen LogP contribution in [0.25, 0.3) is 0 Å². The summed E-state index contributed by atoms with van der Waals surface area (Å²) in [6.45, 7) is 1.08. The minimum Gasteiger partial charge on any atom is -0.481 e. The molecule has 1 aliphatic carbocycles. The van der Waals surface area contributed by atoms with E-state index in [2.05, 4.69) is 4.72 Å². The van der Waals surface area contributed by atoms with Gasteiger partial charge in [0.15, 0.2) is 0 Å². The normalized spacial score (nSPS) is 30.1. The van der Waals surface area contributed by atoms with Crippen molar-refractivity contribution in [3.63, 3.8) is 0 Å². The second-order valence-corrected chi connectivity index (χ2v) is 7.12. The van der Waals surface area contributed by atoms with E-state index in [1.54, 1.807) is 0 Å². The molecule has 0 aromatic rings. The third kappa shape index (κ3) is 3.67. The Kier molecular flexibility index (Phi) is 4.81. The van der Waals surface area contributed by atoms with Crippen LogP contribution in [0.15, 0.2) is 0 Å². The quantitative estimate of drug-likeness (QED) is 0.755. The molecule has 0 aromatic heterocycles. The first kappa shape index (κ1) is 14.7. The van der Waals surface area contributed by atoms with Crippen molar-refractivity contribution < 1.29 is 18.3 Å². The third-order valence-electron chi connectivity index (χ3n) is 4.04. The monoisotopic (exact) mass is 290 g/mol. The number of nitrogens with zero attached hydrogens (tertiary/aromatic N) is 1. The number of rotatable bonds is 4. The van der Waals surface area contributed by atoms with Crippen LogP contribution in [0.3, 0.4) is 0 Å². The van der Waals surface area contributed by atoms with Crippen molar-refractivity contribution in [3.05, 3.63) is 0 Å². The standard InChI is InChI=1S/C12H22N2O4S/c15-12(16)10-6-2-1-3-7-11(10)13-19(17,18)14-8-4-5-9-14/h10-11,13H,1-9H2,(H,15,16). The number of hydrogen-bond acceptors (Lipinski definition) is 3. The van der Waals surface area contributed by atoms with Gasteiger partial charge in [0.2, 0.25) is 0 Å². The van der Waals surface area contributed by atoms with Gasteiger partial charge in [0.25, 0.3) is 10.2 Å². The van der Waals surface area contributed by atoms with Crippen LogP contribution in [0, 0.1) is 5.92 Å². The highest BCUT2D eigenvalue weighted by Gasteiger charge is 2.35. The molecule has 2 atom stereocenters. The molecular weight excluding hydrogens is 268 g/mol. The van der Waals surface area contributed by atoms with Crippen molar-refractivity contribution in [1.29, 1.82) is 0 Å². The van der Waals surface area contributed by atoms with Gasteiger partial charge in [-0.05, 0) is 25.7 Å². The van der Waals surface area contributed by atoms with Gasteiger partial charge in [-0.25, -0.2) is 0 Å². The van der Waals surface area contributed by atoms with Gasteiger partial charge in [-0.1, -0.05) is 19.3 Å². The summed E-state index contributed by atoms with van der Waals surface area (Å²) in [6.07, 6.45) is 5.66. The molecular formula is C12H22N2O4S. The Morgan fingerprint density at radius 3 is 2.32 bits per heavy atom. The molecule has 0 radical (unpaired) electrons. The lowest BCUT2D eigenvalue weighted by atomic mass is 9.96. The van der Waals surface area contributed by atoms with E-state index in [0.29, 0.717) is 25.9 Å². The first-order valence-corrected chi connectivity index (χ1v) is 8.45. The average Bonchev–Trinajstić information content (AvgIpc) is 2.78. The lowest BCUT2D eigenvalue weighted by Crippen LogP contribution is -2.48. The van der Waals surface area contributed by atoms with E-state index >= 15 is 0 Å². The van der Waals surface area contributed by atoms with Crippen molar-refractivity contribution in [2.24, 2.45) is 5.92 Å². The summed E-state index contributed by atoms with van der Waals surface area (Å²) in [5.41, 5.74) is 0. The Labute approximate surface area is 114 Å².